The third-order valence-corrected chi connectivity index (χ3v) is 15.9. The molecule has 4 unspecified atom stereocenters. The summed E-state index contributed by atoms with van der Waals surface area (Å²) < 4.78 is 3.15. The zero-order chi connectivity index (χ0) is 26.2. The largest absolute Gasteiger partial charge is 0.316 e. The second kappa shape index (κ2) is 9.20. The van der Waals surface area contributed by atoms with Crippen LogP contribution in [0.1, 0.15) is 97.1 Å². The minimum Gasteiger partial charge on any atom is -0.316 e. The van der Waals surface area contributed by atoms with E-state index in [-0.39, 0.29) is 11.0 Å². The van der Waals surface area contributed by atoms with Crippen molar-refractivity contribution in [3.63, 3.8) is 0 Å². The fourth-order valence-corrected chi connectivity index (χ4v) is 15.3. The van der Waals surface area contributed by atoms with E-state index in [9.17, 15) is 0 Å². The number of allylic oxidation sites excluding steroid dienone is 3. The molecular formula is C34H52N2Si. The molecule has 0 aromatic heterocycles. The summed E-state index contributed by atoms with van der Waals surface area (Å²) in [6.45, 7) is 20.7. The van der Waals surface area contributed by atoms with Crippen molar-refractivity contribution in [3.8, 4) is 0 Å². The molecule has 3 fully saturated rings. The molecule has 1 saturated heterocycles. The van der Waals surface area contributed by atoms with Crippen LogP contribution in [-0.2, 0) is 5.41 Å². The van der Waals surface area contributed by atoms with Gasteiger partial charge in [-0.05, 0) is 106 Å². The molecule has 0 spiro atoms. The number of nitrogens with zero attached hydrogens (tertiary/aromatic N) is 2. The number of fused-ring (bicyclic) bond motifs is 4. The van der Waals surface area contributed by atoms with E-state index >= 15 is 0 Å². The van der Waals surface area contributed by atoms with Crippen LogP contribution in [-0.4, -0.2) is 48.4 Å². The second-order valence-electron chi connectivity index (χ2n) is 15.1. The van der Waals surface area contributed by atoms with Crippen molar-refractivity contribution in [2.75, 3.05) is 13.1 Å². The third-order valence-electron chi connectivity index (χ3n) is 11.2. The maximum absolute atomic E-state index is 3.15. The molecule has 37 heavy (non-hydrogen) atoms. The predicted octanol–water partition coefficient (Wildman–Crippen LogP) is 8.41. The van der Waals surface area contributed by atoms with E-state index in [0.29, 0.717) is 11.8 Å². The van der Waals surface area contributed by atoms with E-state index in [1.807, 2.05) is 0 Å². The summed E-state index contributed by atoms with van der Waals surface area (Å²) >= 11 is 0. The van der Waals surface area contributed by atoms with Crippen LogP contribution < -0.4 is 0 Å². The van der Waals surface area contributed by atoms with Crippen LogP contribution in [0.3, 0.4) is 0 Å². The highest BCUT2D eigenvalue weighted by Gasteiger charge is 2.57. The van der Waals surface area contributed by atoms with Gasteiger partial charge in [-0.2, -0.15) is 0 Å². The highest BCUT2D eigenvalue weighted by Crippen LogP contribution is 2.60. The van der Waals surface area contributed by atoms with Gasteiger partial charge in [0.1, 0.15) is 8.24 Å². The molecule has 202 valence electrons. The fourth-order valence-electron chi connectivity index (χ4n) is 9.93. The minimum atomic E-state index is -1.76. The molecule has 2 nitrogen and oxygen atoms in total. The lowest BCUT2D eigenvalue weighted by molar-refractivity contribution is 0.140. The summed E-state index contributed by atoms with van der Waals surface area (Å²) in [7, 11) is -1.76. The quantitative estimate of drug-likeness (QED) is 0.371. The zero-order valence-corrected chi connectivity index (χ0v) is 25.8. The van der Waals surface area contributed by atoms with Crippen molar-refractivity contribution in [1.29, 1.82) is 0 Å². The van der Waals surface area contributed by atoms with Gasteiger partial charge in [0, 0.05) is 23.0 Å². The molecule has 6 rings (SSSR count). The van der Waals surface area contributed by atoms with Crippen LogP contribution in [0.2, 0.25) is 18.6 Å². The normalized spacial score (nSPS) is 32.2. The lowest BCUT2D eigenvalue weighted by Gasteiger charge is -2.55. The van der Waals surface area contributed by atoms with Crippen molar-refractivity contribution >= 4 is 13.8 Å². The Morgan fingerprint density at radius 3 is 2.24 bits per heavy atom. The predicted molar refractivity (Wildman–Crippen MR) is 161 cm³/mol. The van der Waals surface area contributed by atoms with Crippen molar-refractivity contribution in [3.05, 3.63) is 53.1 Å². The molecule has 1 aromatic carbocycles. The van der Waals surface area contributed by atoms with Crippen LogP contribution in [0.5, 0.6) is 0 Å². The summed E-state index contributed by atoms with van der Waals surface area (Å²) in [5.41, 5.74) is 7.43. The lowest BCUT2D eigenvalue weighted by Crippen LogP contribution is -2.64. The first-order valence-electron chi connectivity index (χ1n) is 15.6. The molecular weight excluding hydrogens is 464 g/mol. The Balaban J connectivity index is 1.44. The van der Waals surface area contributed by atoms with Gasteiger partial charge in [-0.15, -0.1) is 0 Å². The van der Waals surface area contributed by atoms with Crippen molar-refractivity contribution in [1.82, 2.24) is 9.47 Å². The van der Waals surface area contributed by atoms with Crippen molar-refractivity contribution in [2.24, 2.45) is 11.8 Å². The smallest absolute Gasteiger partial charge is 0.126 e. The van der Waals surface area contributed by atoms with E-state index in [1.165, 1.54) is 75.6 Å². The van der Waals surface area contributed by atoms with E-state index in [1.54, 1.807) is 11.1 Å². The molecule has 0 bridgehead atoms. The molecule has 4 atom stereocenters. The topological polar surface area (TPSA) is 6.48 Å². The van der Waals surface area contributed by atoms with Gasteiger partial charge in [0.05, 0.1) is 0 Å². The van der Waals surface area contributed by atoms with Gasteiger partial charge >= 0.3 is 0 Å². The number of benzene rings is 1. The van der Waals surface area contributed by atoms with E-state index in [2.05, 4.69) is 93.6 Å². The summed E-state index contributed by atoms with van der Waals surface area (Å²) in [5, 5.41) is 0. The van der Waals surface area contributed by atoms with Gasteiger partial charge in [-0.25, -0.2) is 0 Å². The lowest BCUT2D eigenvalue weighted by atomic mass is 9.75. The average Bonchev–Trinajstić information content (AvgIpc) is 3.55. The summed E-state index contributed by atoms with van der Waals surface area (Å²) in [6, 6.07) is 10.8. The Morgan fingerprint density at radius 2 is 1.57 bits per heavy atom. The van der Waals surface area contributed by atoms with Gasteiger partial charge in [0.25, 0.3) is 0 Å². The molecule has 5 aliphatic rings. The van der Waals surface area contributed by atoms with Crippen LogP contribution >= 0.6 is 0 Å². The third kappa shape index (κ3) is 4.18. The van der Waals surface area contributed by atoms with Gasteiger partial charge < -0.3 is 4.57 Å². The van der Waals surface area contributed by atoms with Gasteiger partial charge in [0.15, 0.2) is 0 Å². The van der Waals surface area contributed by atoms with E-state index in [4.69, 9.17) is 0 Å². The Kier molecular flexibility index (Phi) is 6.49. The van der Waals surface area contributed by atoms with Crippen molar-refractivity contribution < 1.29 is 0 Å². The zero-order valence-electron chi connectivity index (χ0n) is 24.8. The highest BCUT2D eigenvalue weighted by molar-refractivity contribution is 6.76. The van der Waals surface area contributed by atoms with Crippen LogP contribution in [0, 0.1) is 11.8 Å². The van der Waals surface area contributed by atoms with Gasteiger partial charge in [-0.1, -0.05) is 82.6 Å². The fraction of sp³-hybridized carbons (Fsp3) is 0.706. The first-order chi connectivity index (χ1) is 17.5. The van der Waals surface area contributed by atoms with E-state index in [0.717, 1.165) is 17.6 Å². The summed E-state index contributed by atoms with van der Waals surface area (Å²) in [5.74, 6) is 1.36. The number of hydrogen-bond donors (Lipinski definition) is 0. The number of hydrogen-bond acceptors (Lipinski definition) is 2. The average molecular weight is 517 g/mol. The molecule has 0 radical (unpaired) electrons. The molecule has 0 N–H and O–H groups in total. The maximum Gasteiger partial charge on any atom is 0.126 e. The Bertz CT molecular complexity index is 1080. The Labute approximate surface area is 228 Å². The van der Waals surface area contributed by atoms with Gasteiger partial charge in [0.2, 0.25) is 0 Å². The molecule has 3 heteroatoms. The van der Waals surface area contributed by atoms with Gasteiger partial charge in [-0.3, -0.25) is 4.90 Å². The minimum absolute atomic E-state index is 0.119. The molecule has 4 aliphatic carbocycles. The SMILES string of the molecule is CC1(C)C2=CC3C(C=C2c2ccccc21)C([Si](C)(C)N(C1CCCCC1)C(C)(C)C)CC3N1CCCC1. The number of rotatable bonds is 4. The van der Waals surface area contributed by atoms with Crippen molar-refractivity contribution in [2.45, 2.75) is 128 Å². The first kappa shape index (κ1) is 26.1. The number of likely N-dealkylation sites (tertiary alicyclic amines) is 1. The molecule has 1 aliphatic heterocycles. The highest BCUT2D eigenvalue weighted by atomic mass is 28.3. The van der Waals surface area contributed by atoms with E-state index < -0.39 is 8.24 Å². The molecule has 1 aromatic rings. The van der Waals surface area contributed by atoms with Crippen LogP contribution in [0.25, 0.3) is 5.57 Å². The molecule has 0 amide bonds. The standard InChI is InChI=1S/C34H52N2Si/c1-33(2,3)36(24-15-9-8-10-16-24)37(6,7)32-23-31(35-19-13-14-20-35)27-22-30-26(21-28(27)32)25-17-11-12-18-29(25)34(30,4)5/h11-12,17-18,21-22,24,27-28,31-32H,8-10,13-16,19-20,23H2,1-7H3. The summed E-state index contributed by atoms with van der Waals surface area (Å²) in [4.78, 5) is 2.91. The second-order valence-corrected chi connectivity index (χ2v) is 19.7. The van der Waals surface area contributed by atoms with Crippen LogP contribution in [0.15, 0.2) is 42.0 Å². The summed E-state index contributed by atoms with van der Waals surface area (Å²) in [6.07, 6.45) is 17.0. The van der Waals surface area contributed by atoms with Crippen LogP contribution in [0.4, 0.5) is 0 Å². The Hall–Kier alpha value is -1.16. The monoisotopic (exact) mass is 516 g/mol. The maximum atomic E-state index is 3.15. The Morgan fingerprint density at radius 1 is 0.892 bits per heavy atom. The molecule has 1 heterocycles. The first-order valence-corrected chi connectivity index (χ1v) is 18.6. The molecule has 2 saturated carbocycles.